The monoisotopic (exact) mass is 610 g/mol. The summed E-state index contributed by atoms with van der Waals surface area (Å²) >= 11 is 0. The number of ketones is 1. The molecule has 45 heavy (non-hydrogen) atoms. The molecule has 2 aromatic heterocycles. The van der Waals surface area contributed by atoms with Gasteiger partial charge in [0.25, 0.3) is 5.56 Å². The van der Waals surface area contributed by atoms with Gasteiger partial charge in [0.05, 0.1) is 11.3 Å². The number of halogens is 1. The average Bonchev–Trinajstić information content (AvgIpc) is 3.42. The minimum absolute atomic E-state index is 0.103. The largest absolute Gasteiger partial charge is 0.456 e. The van der Waals surface area contributed by atoms with E-state index in [1.165, 1.54) is 27.8 Å². The summed E-state index contributed by atoms with van der Waals surface area (Å²) in [6.45, 7) is 15.2. The second kappa shape index (κ2) is 13.2. The maximum atomic E-state index is 13.9. The molecule has 0 atom stereocenters. The Morgan fingerprint density at radius 1 is 0.978 bits per heavy atom. The van der Waals surface area contributed by atoms with Gasteiger partial charge in [-0.25, -0.2) is 4.39 Å². The number of nitrogens with zero attached hydrogens (tertiary/aromatic N) is 1. The van der Waals surface area contributed by atoms with E-state index in [1.807, 2.05) is 6.07 Å². The Hall–Kier alpha value is -4.49. The number of fused-ring (bicyclic) bond motifs is 1. The van der Waals surface area contributed by atoms with Crippen molar-refractivity contribution in [1.82, 2.24) is 9.55 Å². The molecule has 0 unspecified atom stereocenters. The second-order valence-electron chi connectivity index (χ2n) is 12.5. The van der Waals surface area contributed by atoms with Crippen LogP contribution < -0.4 is 10.3 Å². The molecule has 0 aliphatic rings. The van der Waals surface area contributed by atoms with Crippen LogP contribution in [0.4, 0.5) is 4.39 Å². The smallest absolute Gasteiger partial charge is 0.274 e. The summed E-state index contributed by atoms with van der Waals surface area (Å²) in [7, 11) is 1.64. The van der Waals surface area contributed by atoms with Gasteiger partial charge in [-0.1, -0.05) is 56.7 Å². The third-order valence-corrected chi connectivity index (χ3v) is 7.94. The van der Waals surface area contributed by atoms with Crippen LogP contribution in [0.5, 0.6) is 11.5 Å². The lowest BCUT2D eigenvalue weighted by molar-refractivity contribution is 0.0786. The molecule has 7 heteroatoms. The summed E-state index contributed by atoms with van der Waals surface area (Å²) in [6, 6.07) is 18.6. The van der Waals surface area contributed by atoms with E-state index in [1.54, 1.807) is 66.1 Å². The molecule has 236 valence electrons. The van der Waals surface area contributed by atoms with E-state index in [-0.39, 0.29) is 17.2 Å². The van der Waals surface area contributed by atoms with Crippen molar-refractivity contribution in [1.29, 1.82) is 0 Å². The van der Waals surface area contributed by atoms with Crippen molar-refractivity contribution in [3.8, 4) is 22.6 Å². The molecule has 0 bridgehead atoms. The SMILES string of the molecule is CCC(=O)c1cc2c(-c3cc(C(C)(C)O)ccc3Oc3c(C)cc(F)cc3C)cn(C)c(=O)c2[nH]1.Cc1ccc(C(C)C)cc1. The lowest BCUT2D eigenvalue weighted by Crippen LogP contribution is -2.17. The first-order valence-corrected chi connectivity index (χ1v) is 15.2. The molecule has 0 saturated carbocycles. The number of hydrogen-bond donors (Lipinski definition) is 2. The predicted octanol–water partition coefficient (Wildman–Crippen LogP) is 9.02. The number of nitrogens with one attached hydrogen (secondary N) is 1. The Bertz CT molecular complexity index is 1880. The highest BCUT2D eigenvalue weighted by Crippen LogP contribution is 2.41. The third kappa shape index (κ3) is 7.43. The van der Waals surface area contributed by atoms with Gasteiger partial charge in [0.1, 0.15) is 22.8 Å². The number of aromatic nitrogens is 2. The molecule has 0 radical (unpaired) electrons. The average molecular weight is 611 g/mol. The fraction of sp³-hybridized carbons (Fsp3) is 0.316. The minimum Gasteiger partial charge on any atom is -0.456 e. The molecule has 2 heterocycles. The van der Waals surface area contributed by atoms with Crippen LogP contribution in [-0.2, 0) is 12.6 Å². The van der Waals surface area contributed by atoms with Crippen molar-refractivity contribution in [2.24, 2.45) is 7.05 Å². The van der Waals surface area contributed by atoms with Gasteiger partial charge >= 0.3 is 0 Å². The minimum atomic E-state index is -1.13. The number of carbonyl (C=O) groups excluding carboxylic acids is 1. The number of aryl methyl sites for hydroxylation is 4. The lowest BCUT2D eigenvalue weighted by atomic mass is 9.93. The molecule has 2 N–H and O–H groups in total. The quantitative estimate of drug-likeness (QED) is 0.180. The fourth-order valence-electron chi connectivity index (χ4n) is 5.22. The first-order chi connectivity index (χ1) is 21.1. The van der Waals surface area contributed by atoms with Crippen molar-refractivity contribution >= 4 is 16.7 Å². The van der Waals surface area contributed by atoms with Gasteiger partial charge in [0.2, 0.25) is 0 Å². The number of benzene rings is 3. The van der Waals surface area contributed by atoms with Crippen LogP contribution in [-0.4, -0.2) is 20.4 Å². The molecular weight excluding hydrogens is 567 g/mol. The zero-order valence-electron chi connectivity index (χ0n) is 27.6. The Kier molecular flexibility index (Phi) is 9.83. The Balaban J connectivity index is 0.000000392. The number of carbonyl (C=O) groups is 1. The van der Waals surface area contributed by atoms with E-state index < -0.39 is 5.60 Å². The van der Waals surface area contributed by atoms with Gasteiger partial charge in [-0.2, -0.15) is 0 Å². The zero-order chi connectivity index (χ0) is 33.2. The highest BCUT2D eigenvalue weighted by atomic mass is 19.1. The first-order valence-electron chi connectivity index (χ1n) is 15.2. The Morgan fingerprint density at radius 3 is 2.16 bits per heavy atom. The van der Waals surface area contributed by atoms with E-state index in [0.29, 0.717) is 68.3 Å². The third-order valence-electron chi connectivity index (χ3n) is 7.94. The summed E-state index contributed by atoms with van der Waals surface area (Å²) in [5, 5.41) is 11.3. The summed E-state index contributed by atoms with van der Waals surface area (Å²) in [6.07, 6.45) is 1.99. The number of hydrogen-bond acceptors (Lipinski definition) is 4. The van der Waals surface area contributed by atoms with Crippen molar-refractivity contribution in [2.45, 2.75) is 73.3 Å². The number of Topliss-reactive ketones (excluding diaryl/α,β-unsaturated/α-hetero) is 1. The standard InChI is InChI=1S/C28H29FN2O4.C10H14/c1-7-23(32)22-13-20-21(14-31(6)27(33)25(20)30-22)19-12-17(28(4,5)34)8-9-24(19)35-26-15(2)10-18(29)11-16(26)3;1-8(2)10-6-4-9(3)5-7-10/h8-14,30,34H,7H2,1-6H3;4-8H,1-3H3. The van der Waals surface area contributed by atoms with E-state index in [9.17, 15) is 19.1 Å². The van der Waals surface area contributed by atoms with Crippen LogP contribution in [0.15, 0.2) is 71.7 Å². The number of aromatic amines is 1. The topological polar surface area (TPSA) is 84.3 Å². The molecule has 5 aromatic rings. The van der Waals surface area contributed by atoms with Crippen LogP contribution in [0.3, 0.4) is 0 Å². The van der Waals surface area contributed by atoms with Crippen LogP contribution in [0.25, 0.3) is 22.0 Å². The summed E-state index contributed by atoms with van der Waals surface area (Å²) in [5.41, 5.74) is 5.26. The molecule has 0 saturated heterocycles. The van der Waals surface area contributed by atoms with Crippen LogP contribution >= 0.6 is 0 Å². The van der Waals surface area contributed by atoms with Gasteiger partial charge in [-0.05, 0) is 93.1 Å². The van der Waals surface area contributed by atoms with Gasteiger partial charge in [0, 0.05) is 36.2 Å². The van der Waals surface area contributed by atoms with E-state index in [2.05, 4.69) is 50.0 Å². The first kappa shape index (κ1) is 33.4. The maximum absolute atomic E-state index is 13.9. The number of H-pyrrole nitrogens is 1. The Labute approximate surface area is 264 Å². The van der Waals surface area contributed by atoms with Crippen LogP contribution in [0.2, 0.25) is 0 Å². The molecule has 5 rings (SSSR count). The summed E-state index contributed by atoms with van der Waals surface area (Å²) in [5.74, 6) is 1.21. The fourth-order valence-corrected chi connectivity index (χ4v) is 5.22. The molecular formula is C38H43FN2O4. The predicted molar refractivity (Wildman–Crippen MR) is 180 cm³/mol. The molecule has 0 aliphatic carbocycles. The molecule has 3 aromatic carbocycles. The van der Waals surface area contributed by atoms with Gasteiger partial charge in [-0.3, -0.25) is 9.59 Å². The molecule has 6 nitrogen and oxygen atoms in total. The summed E-state index contributed by atoms with van der Waals surface area (Å²) in [4.78, 5) is 28.3. The van der Waals surface area contributed by atoms with Crippen LogP contribution in [0, 0.1) is 26.6 Å². The number of aliphatic hydroxyl groups is 1. The molecule has 0 aliphatic heterocycles. The summed E-state index contributed by atoms with van der Waals surface area (Å²) < 4.78 is 21.7. The van der Waals surface area contributed by atoms with E-state index >= 15 is 0 Å². The van der Waals surface area contributed by atoms with Gasteiger partial charge in [-0.15, -0.1) is 0 Å². The van der Waals surface area contributed by atoms with Gasteiger partial charge in [0.15, 0.2) is 5.78 Å². The molecule has 0 spiro atoms. The lowest BCUT2D eigenvalue weighted by Gasteiger charge is -2.22. The molecule has 0 amide bonds. The van der Waals surface area contributed by atoms with Crippen molar-refractivity contribution < 1.29 is 19.0 Å². The van der Waals surface area contributed by atoms with Crippen LogP contribution in [0.1, 0.15) is 85.3 Å². The Morgan fingerprint density at radius 2 is 1.60 bits per heavy atom. The second-order valence-corrected chi connectivity index (χ2v) is 12.5. The number of rotatable bonds is 7. The van der Waals surface area contributed by atoms with Crippen molar-refractivity contribution in [3.63, 3.8) is 0 Å². The van der Waals surface area contributed by atoms with Gasteiger partial charge < -0.3 is 19.4 Å². The highest BCUT2D eigenvalue weighted by Gasteiger charge is 2.23. The van der Waals surface area contributed by atoms with Crippen molar-refractivity contribution in [2.75, 3.05) is 0 Å². The van der Waals surface area contributed by atoms with Crippen molar-refractivity contribution in [3.05, 3.63) is 117 Å². The normalized spacial score (nSPS) is 11.5. The maximum Gasteiger partial charge on any atom is 0.274 e. The zero-order valence-corrected chi connectivity index (χ0v) is 27.6. The van der Waals surface area contributed by atoms with E-state index in [4.69, 9.17) is 4.74 Å². The van der Waals surface area contributed by atoms with E-state index in [0.717, 1.165) is 0 Å². The molecule has 0 fully saturated rings. The highest BCUT2D eigenvalue weighted by molar-refractivity contribution is 6.03. The number of pyridine rings is 1. The number of ether oxygens (including phenoxy) is 1.